The molecule has 0 aliphatic carbocycles. The molecule has 1 aliphatic rings. The van der Waals surface area contributed by atoms with Gasteiger partial charge < -0.3 is 9.80 Å². The largest absolute Gasteiger partial charge is 0.338 e. The van der Waals surface area contributed by atoms with Crippen LogP contribution in [-0.2, 0) is 0 Å². The van der Waals surface area contributed by atoms with E-state index in [2.05, 4.69) is 33.2 Å². The van der Waals surface area contributed by atoms with Gasteiger partial charge in [-0.05, 0) is 36.5 Å². The molecule has 0 atom stereocenters. The van der Waals surface area contributed by atoms with Crippen LogP contribution in [0.5, 0.6) is 0 Å². The molecule has 0 saturated carbocycles. The molecule has 0 aromatic heterocycles. The molecule has 1 aromatic rings. The second-order valence-electron chi connectivity index (χ2n) is 4.71. The first-order valence-corrected chi connectivity index (χ1v) is 7.43. The summed E-state index contributed by atoms with van der Waals surface area (Å²) in [6.45, 7) is 3.89. The second kappa shape index (κ2) is 6.45. The second-order valence-corrected chi connectivity index (χ2v) is 6.01. The van der Waals surface area contributed by atoms with E-state index in [1.54, 1.807) is 12.1 Å². The van der Waals surface area contributed by atoms with Crippen LogP contribution in [0.15, 0.2) is 28.7 Å². The Labute approximate surface area is 126 Å². The molecule has 0 unspecified atom stereocenters. The fraction of sp³-hybridized carbons (Fsp3) is 0.385. The van der Waals surface area contributed by atoms with Gasteiger partial charge in [0.2, 0.25) is 0 Å². The quantitative estimate of drug-likeness (QED) is 0.720. The van der Waals surface area contributed by atoms with Crippen LogP contribution in [-0.4, -0.2) is 49.1 Å². The Morgan fingerprint density at radius 2 is 1.89 bits per heavy atom. The van der Waals surface area contributed by atoms with Gasteiger partial charge in [-0.25, -0.2) is 0 Å². The number of hydrogen-bond acceptors (Lipinski definition) is 2. The lowest BCUT2D eigenvalue weighted by molar-refractivity contribution is -0.883. The molecule has 2 N–H and O–H groups in total. The van der Waals surface area contributed by atoms with E-state index in [0.29, 0.717) is 10.7 Å². The predicted molar refractivity (Wildman–Crippen MR) is 82.4 cm³/mol. The lowest BCUT2D eigenvalue weighted by atomic mass is 10.2. The number of benzene rings is 1. The molecule has 0 spiro atoms. The molecule has 19 heavy (non-hydrogen) atoms. The molecule has 1 aliphatic heterocycles. The van der Waals surface area contributed by atoms with E-state index in [1.807, 2.05) is 12.1 Å². The molecule has 1 aromatic carbocycles. The van der Waals surface area contributed by atoms with Gasteiger partial charge in [0.25, 0.3) is 5.91 Å². The lowest BCUT2D eigenvalue weighted by Gasteiger charge is -2.31. The van der Waals surface area contributed by atoms with Crippen molar-refractivity contribution in [2.45, 2.75) is 0 Å². The van der Waals surface area contributed by atoms with Gasteiger partial charge >= 0.3 is 0 Å². The fourth-order valence-electron chi connectivity index (χ4n) is 1.94. The number of hydrogen-bond donors (Lipinski definition) is 2. The van der Waals surface area contributed by atoms with Crippen LogP contribution in [0.25, 0.3) is 0 Å². The first kappa shape index (κ1) is 14.4. The molecule has 6 heteroatoms. The summed E-state index contributed by atoms with van der Waals surface area (Å²) in [6.07, 6.45) is 0. The maximum atomic E-state index is 12.0. The van der Waals surface area contributed by atoms with E-state index in [1.165, 1.54) is 4.90 Å². The highest BCUT2D eigenvalue weighted by molar-refractivity contribution is 9.10. The van der Waals surface area contributed by atoms with Crippen molar-refractivity contribution in [2.24, 2.45) is 0 Å². The summed E-state index contributed by atoms with van der Waals surface area (Å²) in [5.74, 6) is -0.149. The number of rotatable bonds is 1. The van der Waals surface area contributed by atoms with Crippen molar-refractivity contribution in [3.63, 3.8) is 0 Å². The average molecular weight is 343 g/mol. The van der Waals surface area contributed by atoms with E-state index < -0.39 is 0 Å². The number of quaternary nitrogens is 1. The Bertz CT molecular complexity index is 469. The molecular weight excluding hydrogens is 326 g/mol. The molecule has 0 bridgehead atoms. The topological polar surface area (TPSA) is 36.8 Å². The van der Waals surface area contributed by atoms with Gasteiger partial charge in [0.15, 0.2) is 5.11 Å². The minimum atomic E-state index is -0.149. The highest BCUT2D eigenvalue weighted by atomic mass is 79.9. The molecule has 0 radical (unpaired) electrons. The third-order valence-electron chi connectivity index (χ3n) is 3.23. The molecule has 1 saturated heterocycles. The first-order valence-electron chi connectivity index (χ1n) is 6.23. The van der Waals surface area contributed by atoms with Crippen molar-refractivity contribution in [3.05, 3.63) is 34.3 Å². The summed E-state index contributed by atoms with van der Waals surface area (Å²) in [5.41, 5.74) is 0.616. The van der Waals surface area contributed by atoms with Gasteiger partial charge in [-0.2, -0.15) is 0 Å². The maximum Gasteiger partial charge on any atom is 0.257 e. The van der Waals surface area contributed by atoms with Gasteiger partial charge in [-0.3, -0.25) is 10.1 Å². The van der Waals surface area contributed by atoms with Crippen molar-refractivity contribution >= 4 is 39.2 Å². The number of carbonyl (C=O) groups excluding carboxylic acids is 1. The fourth-order valence-corrected chi connectivity index (χ4v) is 2.48. The van der Waals surface area contributed by atoms with Crippen LogP contribution in [0.4, 0.5) is 0 Å². The van der Waals surface area contributed by atoms with E-state index in [4.69, 9.17) is 12.2 Å². The number of carbonyl (C=O) groups is 1. The van der Waals surface area contributed by atoms with E-state index >= 15 is 0 Å². The smallest absolute Gasteiger partial charge is 0.257 e. The third kappa shape index (κ3) is 3.99. The van der Waals surface area contributed by atoms with Crippen LogP contribution in [0, 0.1) is 0 Å². The Morgan fingerprint density at radius 3 is 2.47 bits per heavy atom. The number of halogens is 1. The Morgan fingerprint density at radius 1 is 1.32 bits per heavy atom. The van der Waals surface area contributed by atoms with E-state index in [0.717, 1.165) is 30.7 Å². The number of amides is 1. The maximum absolute atomic E-state index is 12.0. The number of thiocarbonyl (C=S) groups is 1. The highest BCUT2D eigenvalue weighted by Crippen LogP contribution is 2.10. The third-order valence-corrected chi connectivity index (χ3v) is 4.12. The van der Waals surface area contributed by atoms with E-state index in [9.17, 15) is 4.79 Å². The summed E-state index contributed by atoms with van der Waals surface area (Å²) in [4.78, 5) is 15.6. The summed E-state index contributed by atoms with van der Waals surface area (Å²) < 4.78 is 0.952. The van der Waals surface area contributed by atoms with Crippen LogP contribution in [0.3, 0.4) is 0 Å². The zero-order chi connectivity index (χ0) is 13.8. The minimum absolute atomic E-state index is 0.149. The molecule has 1 amide bonds. The van der Waals surface area contributed by atoms with Gasteiger partial charge in [0.1, 0.15) is 0 Å². The SMILES string of the molecule is C[NH+]1CCN(C(=S)NC(=O)c2ccc(Br)cc2)CC1. The summed E-state index contributed by atoms with van der Waals surface area (Å²) in [6, 6.07) is 7.24. The van der Waals surface area contributed by atoms with Gasteiger partial charge in [-0.15, -0.1) is 0 Å². The van der Waals surface area contributed by atoms with Crippen molar-refractivity contribution in [1.29, 1.82) is 0 Å². The summed E-state index contributed by atoms with van der Waals surface area (Å²) in [5, 5.41) is 3.32. The van der Waals surface area contributed by atoms with Gasteiger partial charge in [-0.1, -0.05) is 15.9 Å². The zero-order valence-electron chi connectivity index (χ0n) is 10.8. The number of piperazine rings is 1. The Hall–Kier alpha value is -0.980. The molecule has 2 rings (SSSR count). The van der Waals surface area contributed by atoms with Gasteiger partial charge in [0, 0.05) is 10.0 Å². The van der Waals surface area contributed by atoms with Crippen LogP contribution >= 0.6 is 28.1 Å². The average Bonchev–Trinajstić information content (AvgIpc) is 2.40. The predicted octanol–water partition coefficient (Wildman–Crippen LogP) is 0.294. The normalized spacial score (nSPS) is 16.2. The summed E-state index contributed by atoms with van der Waals surface area (Å²) in [7, 11) is 2.17. The molecule has 102 valence electrons. The molecule has 4 nitrogen and oxygen atoms in total. The highest BCUT2D eigenvalue weighted by Gasteiger charge is 2.20. The first-order chi connectivity index (χ1) is 9.06. The molecule has 1 fully saturated rings. The van der Waals surface area contributed by atoms with Crippen LogP contribution in [0.2, 0.25) is 0 Å². The van der Waals surface area contributed by atoms with Crippen molar-refractivity contribution in [2.75, 3.05) is 33.2 Å². The minimum Gasteiger partial charge on any atom is -0.338 e. The standard InChI is InChI=1S/C13H16BrN3OS/c1-16-6-8-17(9-7-16)13(19)15-12(18)10-2-4-11(14)5-3-10/h2-5H,6-9H2,1H3,(H,15,18,19)/p+1. The van der Waals surface area contributed by atoms with Gasteiger partial charge in [0.05, 0.1) is 33.2 Å². The Balaban J connectivity index is 1.91. The molecule has 1 heterocycles. The van der Waals surface area contributed by atoms with Crippen molar-refractivity contribution in [3.8, 4) is 0 Å². The number of nitrogens with one attached hydrogen (secondary N) is 2. The summed E-state index contributed by atoms with van der Waals surface area (Å²) >= 11 is 8.64. The van der Waals surface area contributed by atoms with E-state index in [-0.39, 0.29) is 5.91 Å². The zero-order valence-corrected chi connectivity index (χ0v) is 13.2. The molecular formula is C13H17BrN3OS+. The van der Waals surface area contributed by atoms with Crippen molar-refractivity contribution < 1.29 is 9.69 Å². The number of nitrogens with zero attached hydrogens (tertiary/aromatic N) is 1. The number of likely N-dealkylation sites (N-methyl/N-ethyl adjacent to an activating group) is 1. The van der Waals surface area contributed by atoms with Crippen LogP contribution < -0.4 is 10.2 Å². The van der Waals surface area contributed by atoms with Crippen molar-refractivity contribution in [1.82, 2.24) is 10.2 Å². The lowest BCUT2D eigenvalue weighted by Crippen LogP contribution is -3.12. The Kier molecular flexibility index (Phi) is 4.90. The monoisotopic (exact) mass is 342 g/mol. The van der Waals surface area contributed by atoms with Crippen LogP contribution in [0.1, 0.15) is 10.4 Å².